The number of carboxylic acid groups (broad SMARTS) is 2. The predicted molar refractivity (Wildman–Crippen MR) is 82.2 cm³/mol. The molecule has 0 aromatic rings. The fourth-order valence-corrected chi connectivity index (χ4v) is 1.31. The van der Waals surface area contributed by atoms with Crippen molar-refractivity contribution >= 4 is 17.7 Å². The third kappa shape index (κ3) is 14.6. The van der Waals surface area contributed by atoms with E-state index in [1.165, 1.54) is 0 Å². The molecule has 0 radical (unpaired) electrons. The molecule has 122 valence electrons. The Labute approximate surface area is 127 Å². The first-order valence-electron chi connectivity index (χ1n) is 7.31. The van der Waals surface area contributed by atoms with Gasteiger partial charge in [0.2, 0.25) is 0 Å². The maximum absolute atomic E-state index is 10.6. The van der Waals surface area contributed by atoms with E-state index in [1.54, 1.807) is 19.9 Å². The van der Waals surface area contributed by atoms with Crippen molar-refractivity contribution in [3.63, 3.8) is 0 Å². The van der Waals surface area contributed by atoms with Gasteiger partial charge < -0.3 is 10.2 Å². The molecular formula is C16H28O5. The van der Waals surface area contributed by atoms with Gasteiger partial charge in [0, 0.05) is 6.42 Å². The van der Waals surface area contributed by atoms with Gasteiger partial charge in [0.25, 0.3) is 0 Å². The summed E-state index contributed by atoms with van der Waals surface area (Å²) in [5.41, 5.74) is -0.715. The number of aliphatic carboxylic acids is 2. The zero-order chi connectivity index (χ0) is 16.9. The van der Waals surface area contributed by atoms with E-state index in [-0.39, 0.29) is 12.2 Å². The molecule has 0 aromatic carbocycles. The maximum Gasteiger partial charge on any atom is 0.312 e. The van der Waals surface area contributed by atoms with Crippen molar-refractivity contribution in [2.75, 3.05) is 0 Å². The number of ketones is 1. The highest BCUT2D eigenvalue weighted by atomic mass is 16.4. The Morgan fingerprint density at radius 1 is 1.05 bits per heavy atom. The monoisotopic (exact) mass is 300 g/mol. The van der Waals surface area contributed by atoms with Crippen LogP contribution in [0.4, 0.5) is 0 Å². The number of rotatable bonds is 9. The first-order chi connectivity index (χ1) is 9.67. The Balaban J connectivity index is 0. The molecule has 0 amide bonds. The average molecular weight is 300 g/mol. The van der Waals surface area contributed by atoms with Crippen molar-refractivity contribution < 1.29 is 24.6 Å². The third-order valence-corrected chi connectivity index (χ3v) is 2.69. The molecule has 0 saturated heterocycles. The molecule has 0 aliphatic rings. The molecule has 2 N–H and O–H groups in total. The molecule has 0 saturated carbocycles. The van der Waals surface area contributed by atoms with Crippen LogP contribution in [0.1, 0.15) is 66.2 Å². The van der Waals surface area contributed by atoms with Crippen LogP contribution in [0.15, 0.2) is 12.2 Å². The standard InChI is InChI=1S/C10H18O2.C6H10O3/c1-4-5-6-7-8-10(2,3)9(11)12;1-2-3-5(7)4-6(8)9/h7-8H,4-6H2,1-3H3,(H,11,12);2-4H2,1H3,(H,8,9). The molecule has 0 fully saturated rings. The SMILES string of the molecule is CCCC(=O)CC(=O)O.CCCCC=CC(C)(C)C(=O)O. The van der Waals surface area contributed by atoms with Gasteiger partial charge >= 0.3 is 11.9 Å². The van der Waals surface area contributed by atoms with Gasteiger partial charge in [-0.25, -0.2) is 0 Å². The van der Waals surface area contributed by atoms with Crippen LogP contribution in [0.3, 0.4) is 0 Å². The summed E-state index contributed by atoms with van der Waals surface area (Å²) < 4.78 is 0. The highest BCUT2D eigenvalue weighted by Crippen LogP contribution is 2.17. The third-order valence-electron chi connectivity index (χ3n) is 2.69. The van der Waals surface area contributed by atoms with Crippen molar-refractivity contribution in [1.82, 2.24) is 0 Å². The first-order valence-corrected chi connectivity index (χ1v) is 7.31. The van der Waals surface area contributed by atoms with Crippen LogP contribution in [0.5, 0.6) is 0 Å². The molecule has 0 spiro atoms. The summed E-state index contributed by atoms with van der Waals surface area (Å²) in [5, 5.41) is 16.8. The van der Waals surface area contributed by atoms with Crippen LogP contribution in [0.25, 0.3) is 0 Å². The summed E-state index contributed by atoms with van der Waals surface area (Å²) in [4.78, 5) is 31.0. The second-order valence-electron chi connectivity index (χ2n) is 5.43. The summed E-state index contributed by atoms with van der Waals surface area (Å²) in [6, 6.07) is 0. The first kappa shape index (κ1) is 21.6. The van der Waals surface area contributed by atoms with E-state index in [0.29, 0.717) is 6.42 Å². The zero-order valence-corrected chi connectivity index (χ0v) is 13.5. The van der Waals surface area contributed by atoms with Crippen LogP contribution in [-0.2, 0) is 14.4 Å². The average Bonchev–Trinajstić information content (AvgIpc) is 2.34. The molecule has 0 unspecified atom stereocenters. The second kappa shape index (κ2) is 12.1. The van der Waals surface area contributed by atoms with Gasteiger partial charge in [-0.05, 0) is 26.7 Å². The summed E-state index contributed by atoms with van der Waals surface area (Å²) in [6.45, 7) is 7.38. The van der Waals surface area contributed by atoms with Crippen LogP contribution in [-0.4, -0.2) is 27.9 Å². The lowest BCUT2D eigenvalue weighted by Gasteiger charge is -2.12. The largest absolute Gasteiger partial charge is 0.481 e. The van der Waals surface area contributed by atoms with Crippen molar-refractivity contribution in [1.29, 1.82) is 0 Å². The van der Waals surface area contributed by atoms with E-state index >= 15 is 0 Å². The molecule has 0 aliphatic carbocycles. The highest BCUT2D eigenvalue weighted by molar-refractivity contribution is 5.94. The minimum Gasteiger partial charge on any atom is -0.481 e. The number of allylic oxidation sites excluding steroid dienone is 1. The molecule has 0 heterocycles. The van der Waals surface area contributed by atoms with E-state index < -0.39 is 17.4 Å². The zero-order valence-electron chi connectivity index (χ0n) is 13.5. The lowest BCUT2D eigenvalue weighted by Crippen LogP contribution is -2.20. The van der Waals surface area contributed by atoms with E-state index in [0.717, 1.165) is 25.7 Å². The number of hydrogen-bond acceptors (Lipinski definition) is 3. The minimum atomic E-state index is -1.03. The summed E-state index contributed by atoms with van der Waals surface area (Å²) in [6.07, 6.45) is 7.77. The van der Waals surface area contributed by atoms with Gasteiger partial charge in [-0.2, -0.15) is 0 Å². The van der Waals surface area contributed by atoms with E-state index in [2.05, 4.69) is 6.92 Å². The molecule has 0 atom stereocenters. The fourth-order valence-electron chi connectivity index (χ4n) is 1.31. The van der Waals surface area contributed by atoms with Crippen LogP contribution >= 0.6 is 0 Å². The minimum absolute atomic E-state index is 0.190. The lowest BCUT2D eigenvalue weighted by molar-refractivity contribution is -0.144. The van der Waals surface area contributed by atoms with Gasteiger partial charge in [0.1, 0.15) is 12.2 Å². The molecule has 5 heteroatoms. The second-order valence-corrected chi connectivity index (χ2v) is 5.43. The van der Waals surface area contributed by atoms with Crippen molar-refractivity contribution in [2.24, 2.45) is 5.41 Å². The summed E-state index contributed by atoms with van der Waals surface area (Å²) >= 11 is 0. The molecule has 21 heavy (non-hydrogen) atoms. The quantitative estimate of drug-likeness (QED) is 0.385. The van der Waals surface area contributed by atoms with E-state index in [1.807, 2.05) is 13.0 Å². The topological polar surface area (TPSA) is 91.7 Å². The van der Waals surface area contributed by atoms with Gasteiger partial charge in [0.15, 0.2) is 0 Å². The molecule has 5 nitrogen and oxygen atoms in total. The fraction of sp³-hybridized carbons (Fsp3) is 0.688. The normalized spacial score (nSPS) is 10.9. The van der Waals surface area contributed by atoms with E-state index in [9.17, 15) is 14.4 Å². The summed E-state index contributed by atoms with van der Waals surface area (Å²) in [5.74, 6) is -1.99. The number of Topliss-reactive ketones (excluding diaryl/α,β-unsaturated/α-hetero) is 1. The Morgan fingerprint density at radius 2 is 1.62 bits per heavy atom. The van der Waals surface area contributed by atoms with Crippen molar-refractivity contribution in [3.05, 3.63) is 12.2 Å². The number of carbonyl (C=O) groups is 3. The molecule has 0 aromatic heterocycles. The predicted octanol–water partition coefficient (Wildman–Crippen LogP) is 3.67. The highest BCUT2D eigenvalue weighted by Gasteiger charge is 2.22. The van der Waals surface area contributed by atoms with Gasteiger partial charge in [-0.1, -0.05) is 38.8 Å². The maximum atomic E-state index is 10.6. The van der Waals surface area contributed by atoms with Gasteiger partial charge in [-0.3, -0.25) is 14.4 Å². The Kier molecular flexibility index (Phi) is 12.5. The van der Waals surface area contributed by atoms with Crippen molar-refractivity contribution in [2.45, 2.75) is 66.2 Å². The van der Waals surface area contributed by atoms with Crippen LogP contribution < -0.4 is 0 Å². The summed E-state index contributed by atoms with van der Waals surface area (Å²) in [7, 11) is 0. The van der Waals surface area contributed by atoms with Crippen LogP contribution in [0.2, 0.25) is 0 Å². The number of hydrogen-bond donors (Lipinski definition) is 2. The molecular weight excluding hydrogens is 272 g/mol. The smallest absolute Gasteiger partial charge is 0.312 e. The van der Waals surface area contributed by atoms with E-state index in [4.69, 9.17) is 10.2 Å². The number of carboxylic acids is 2. The Bertz CT molecular complexity index is 356. The van der Waals surface area contributed by atoms with Gasteiger partial charge in [-0.15, -0.1) is 0 Å². The number of carbonyl (C=O) groups excluding carboxylic acids is 1. The molecule has 0 rings (SSSR count). The van der Waals surface area contributed by atoms with Gasteiger partial charge in [0.05, 0.1) is 5.41 Å². The lowest BCUT2D eigenvalue weighted by atomic mass is 9.93. The Hall–Kier alpha value is -1.65. The van der Waals surface area contributed by atoms with Crippen molar-refractivity contribution in [3.8, 4) is 0 Å². The number of unbranched alkanes of at least 4 members (excludes halogenated alkanes) is 2. The molecule has 0 bridgehead atoms. The Morgan fingerprint density at radius 3 is 2.00 bits per heavy atom. The molecule has 0 aliphatic heterocycles. The van der Waals surface area contributed by atoms with Crippen LogP contribution in [0, 0.1) is 5.41 Å².